The van der Waals surface area contributed by atoms with Crippen molar-refractivity contribution in [3.63, 3.8) is 0 Å². The van der Waals surface area contributed by atoms with Gasteiger partial charge in [0.1, 0.15) is 0 Å². The Morgan fingerprint density at radius 3 is 2.50 bits per heavy atom. The van der Waals surface area contributed by atoms with Crippen LogP contribution in [0, 0.1) is 11.8 Å². The molecule has 0 aromatic rings. The van der Waals surface area contributed by atoms with Crippen LogP contribution in [0.5, 0.6) is 0 Å². The van der Waals surface area contributed by atoms with Crippen molar-refractivity contribution < 1.29 is 0 Å². The second-order valence-corrected chi connectivity index (χ2v) is 3.82. The maximum absolute atomic E-state index is 4.01. The van der Waals surface area contributed by atoms with E-state index in [4.69, 9.17) is 0 Å². The van der Waals surface area contributed by atoms with Gasteiger partial charge in [-0.05, 0) is 31.6 Å². The molecule has 0 spiro atoms. The summed E-state index contributed by atoms with van der Waals surface area (Å²) < 4.78 is 0. The molecular weight excluding hydrogens is 120 g/mol. The Bertz CT molecular complexity index is 124. The standard InChI is InChI=1S/C10H18/c1-8(2)10-6-4-5-9(3)7-10/h9-10H,1,4-7H2,2-3H3/t9-,10+/m1/s1. The highest BCUT2D eigenvalue weighted by molar-refractivity contribution is 4.97. The fourth-order valence-electron chi connectivity index (χ4n) is 1.88. The zero-order valence-corrected chi connectivity index (χ0v) is 7.19. The van der Waals surface area contributed by atoms with Gasteiger partial charge in [-0.2, -0.15) is 0 Å². The molecule has 58 valence electrons. The Morgan fingerprint density at radius 1 is 1.40 bits per heavy atom. The highest BCUT2D eigenvalue weighted by atomic mass is 14.2. The molecule has 0 unspecified atom stereocenters. The lowest BCUT2D eigenvalue weighted by Crippen LogP contribution is -2.13. The van der Waals surface area contributed by atoms with Gasteiger partial charge in [-0.25, -0.2) is 0 Å². The lowest BCUT2D eigenvalue weighted by atomic mass is 9.79. The molecule has 0 heterocycles. The Kier molecular flexibility index (Phi) is 2.53. The average Bonchev–Trinajstić information content (AvgIpc) is 1.88. The van der Waals surface area contributed by atoms with Crippen molar-refractivity contribution in [1.29, 1.82) is 0 Å². The van der Waals surface area contributed by atoms with Crippen molar-refractivity contribution in [2.45, 2.75) is 39.5 Å². The minimum Gasteiger partial charge on any atom is -0.0999 e. The van der Waals surface area contributed by atoms with Gasteiger partial charge < -0.3 is 0 Å². The van der Waals surface area contributed by atoms with Crippen molar-refractivity contribution in [3.05, 3.63) is 12.2 Å². The van der Waals surface area contributed by atoms with E-state index < -0.39 is 0 Å². The van der Waals surface area contributed by atoms with E-state index in [-0.39, 0.29) is 0 Å². The first-order valence-corrected chi connectivity index (χ1v) is 4.35. The maximum Gasteiger partial charge on any atom is -0.0206 e. The van der Waals surface area contributed by atoms with Gasteiger partial charge in [0.15, 0.2) is 0 Å². The minimum absolute atomic E-state index is 0.837. The molecule has 1 saturated carbocycles. The van der Waals surface area contributed by atoms with Crippen LogP contribution in [0.2, 0.25) is 0 Å². The molecule has 0 nitrogen and oxygen atoms in total. The zero-order chi connectivity index (χ0) is 7.56. The topological polar surface area (TPSA) is 0 Å². The summed E-state index contributed by atoms with van der Waals surface area (Å²) in [6.07, 6.45) is 5.62. The highest BCUT2D eigenvalue weighted by Gasteiger charge is 2.18. The molecule has 1 fully saturated rings. The first-order chi connectivity index (χ1) is 4.70. The predicted octanol–water partition coefficient (Wildman–Crippen LogP) is 3.39. The van der Waals surface area contributed by atoms with Crippen LogP contribution >= 0.6 is 0 Å². The second-order valence-electron chi connectivity index (χ2n) is 3.82. The van der Waals surface area contributed by atoms with Crippen molar-refractivity contribution in [2.24, 2.45) is 11.8 Å². The summed E-state index contributed by atoms with van der Waals surface area (Å²) in [6.45, 7) is 8.54. The Labute approximate surface area is 64.3 Å². The monoisotopic (exact) mass is 138 g/mol. The summed E-state index contributed by atoms with van der Waals surface area (Å²) in [5, 5.41) is 0. The summed E-state index contributed by atoms with van der Waals surface area (Å²) >= 11 is 0. The van der Waals surface area contributed by atoms with E-state index in [0.717, 1.165) is 11.8 Å². The van der Waals surface area contributed by atoms with Gasteiger partial charge in [0.25, 0.3) is 0 Å². The lowest BCUT2D eigenvalue weighted by Gasteiger charge is -2.26. The molecule has 1 aliphatic rings. The molecule has 0 aliphatic heterocycles. The molecule has 2 atom stereocenters. The quantitative estimate of drug-likeness (QED) is 0.487. The van der Waals surface area contributed by atoms with Gasteiger partial charge in [0.05, 0.1) is 0 Å². The number of hydrogen-bond acceptors (Lipinski definition) is 0. The first-order valence-electron chi connectivity index (χ1n) is 4.35. The third kappa shape index (κ3) is 1.86. The van der Waals surface area contributed by atoms with Gasteiger partial charge in [0, 0.05) is 0 Å². The SMILES string of the molecule is C=C(C)[C@H]1CCC[C@@H](C)C1. The molecule has 0 saturated heterocycles. The number of allylic oxidation sites excluding steroid dienone is 1. The van der Waals surface area contributed by atoms with Crippen LogP contribution in [0.25, 0.3) is 0 Å². The average molecular weight is 138 g/mol. The minimum atomic E-state index is 0.837. The van der Waals surface area contributed by atoms with Crippen molar-refractivity contribution in [1.82, 2.24) is 0 Å². The lowest BCUT2D eigenvalue weighted by molar-refractivity contribution is 0.315. The molecule has 0 aromatic heterocycles. The van der Waals surface area contributed by atoms with E-state index in [1.54, 1.807) is 0 Å². The van der Waals surface area contributed by atoms with Crippen LogP contribution in [-0.2, 0) is 0 Å². The zero-order valence-electron chi connectivity index (χ0n) is 7.19. The van der Waals surface area contributed by atoms with Crippen LogP contribution < -0.4 is 0 Å². The maximum atomic E-state index is 4.01. The summed E-state index contributed by atoms with van der Waals surface area (Å²) in [6, 6.07) is 0. The largest absolute Gasteiger partial charge is 0.0999 e. The van der Waals surface area contributed by atoms with E-state index in [2.05, 4.69) is 20.4 Å². The van der Waals surface area contributed by atoms with Crippen LogP contribution in [0.15, 0.2) is 12.2 Å². The Hall–Kier alpha value is -0.260. The normalized spacial score (nSPS) is 33.8. The smallest absolute Gasteiger partial charge is 0.0206 e. The highest BCUT2D eigenvalue weighted by Crippen LogP contribution is 2.32. The van der Waals surface area contributed by atoms with Gasteiger partial charge in [-0.15, -0.1) is 0 Å². The summed E-state index contributed by atoms with van der Waals surface area (Å²) in [5.74, 6) is 1.78. The molecular formula is C10H18. The molecule has 0 amide bonds. The van der Waals surface area contributed by atoms with E-state index in [1.807, 2.05) is 0 Å². The van der Waals surface area contributed by atoms with E-state index in [0.29, 0.717) is 0 Å². The van der Waals surface area contributed by atoms with E-state index in [9.17, 15) is 0 Å². The number of hydrogen-bond donors (Lipinski definition) is 0. The van der Waals surface area contributed by atoms with Gasteiger partial charge in [-0.3, -0.25) is 0 Å². The van der Waals surface area contributed by atoms with E-state index >= 15 is 0 Å². The van der Waals surface area contributed by atoms with Crippen LogP contribution in [0.1, 0.15) is 39.5 Å². The molecule has 0 heteroatoms. The third-order valence-electron chi connectivity index (χ3n) is 2.63. The van der Waals surface area contributed by atoms with Crippen LogP contribution in [-0.4, -0.2) is 0 Å². The van der Waals surface area contributed by atoms with Crippen molar-refractivity contribution in [3.8, 4) is 0 Å². The third-order valence-corrected chi connectivity index (χ3v) is 2.63. The first kappa shape index (κ1) is 7.84. The Morgan fingerprint density at radius 2 is 2.10 bits per heavy atom. The van der Waals surface area contributed by atoms with Gasteiger partial charge in [-0.1, -0.05) is 31.9 Å². The molecule has 0 N–H and O–H groups in total. The second kappa shape index (κ2) is 3.23. The van der Waals surface area contributed by atoms with Gasteiger partial charge in [0.2, 0.25) is 0 Å². The molecule has 1 rings (SSSR count). The van der Waals surface area contributed by atoms with Crippen molar-refractivity contribution >= 4 is 0 Å². The molecule has 1 aliphatic carbocycles. The molecule has 0 aromatic carbocycles. The molecule has 10 heavy (non-hydrogen) atoms. The fraction of sp³-hybridized carbons (Fsp3) is 0.800. The molecule has 0 radical (unpaired) electrons. The summed E-state index contributed by atoms with van der Waals surface area (Å²) in [5.41, 5.74) is 1.39. The van der Waals surface area contributed by atoms with Crippen LogP contribution in [0.4, 0.5) is 0 Å². The van der Waals surface area contributed by atoms with Crippen molar-refractivity contribution in [2.75, 3.05) is 0 Å². The number of rotatable bonds is 1. The van der Waals surface area contributed by atoms with E-state index in [1.165, 1.54) is 31.3 Å². The molecule has 0 bridgehead atoms. The summed E-state index contributed by atoms with van der Waals surface area (Å²) in [4.78, 5) is 0. The Balaban J connectivity index is 2.39. The van der Waals surface area contributed by atoms with Gasteiger partial charge >= 0.3 is 0 Å². The predicted molar refractivity (Wildman–Crippen MR) is 45.9 cm³/mol. The van der Waals surface area contributed by atoms with Crippen LogP contribution in [0.3, 0.4) is 0 Å². The fourth-order valence-corrected chi connectivity index (χ4v) is 1.88. The summed E-state index contributed by atoms with van der Waals surface area (Å²) in [7, 11) is 0.